The molecule has 1 unspecified atom stereocenters. The zero-order chi connectivity index (χ0) is 16.0. The SMILES string of the molecule is CCC(NS(=O)(=O)c1ccc(OC)cc1CCO)C(C)C. The number of hydrogen-bond donors (Lipinski definition) is 2. The van der Waals surface area contributed by atoms with E-state index in [0.29, 0.717) is 11.3 Å². The van der Waals surface area contributed by atoms with E-state index >= 15 is 0 Å². The maximum Gasteiger partial charge on any atom is 0.241 e. The lowest BCUT2D eigenvalue weighted by molar-refractivity contribution is 0.298. The summed E-state index contributed by atoms with van der Waals surface area (Å²) in [6, 6.07) is 4.69. The maximum atomic E-state index is 12.6. The molecule has 0 heterocycles. The van der Waals surface area contributed by atoms with Crippen molar-refractivity contribution in [2.24, 2.45) is 5.92 Å². The maximum absolute atomic E-state index is 12.6. The number of benzene rings is 1. The second-order valence-electron chi connectivity index (χ2n) is 5.33. The predicted octanol–water partition coefficient (Wildman–Crippen LogP) is 1.94. The molecule has 0 spiro atoms. The highest BCUT2D eigenvalue weighted by Gasteiger charge is 2.23. The average Bonchev–Trinajstić information content (AvgIpc) is 2.44. The van der Waals surface area contributed by atoms with Gasteiger partial charge >= 0.3 is 0 Å². The van der Waals surface area contributed by atoms with Crippen LogP contribution in [0.3, 0.4) is 0 Å². The second-order valence-corrected chi connectivity index (χ2v) is 7.01. The van der Waals surface area contributed by atoms with Gasteiger partial charge in [-0.15, -0.1) is 0 Å². The fourth-order valence-corrected chi connectivity index (χ4v) is 3.93. The van der Waals surface area contributed by atoms with Crippen molar-refractivity contribution in [2.75, 3.05) is 13.7 Å². The van der Waals surface area contributed by atoms with Crippen molar-refractivity contribution in [3.63, 3.8) is 0 Å². The van der Waals surface area contributed by atoms with Crippen molar-refractivity contribution in [3.8, 4) is 5.75 Å². The molecule has 6 heteroatoms. The van der Waals surface area contributed by atoms with E-state index in [1.165, 1.54) is 13.2 Å². The van der Waals surface area contributed by atoms with E-state index in [1.807, 2.05) is 20.8 Å². The lowest BCUT2D eigenvalue weighted by Gasteiger charge is -2.21. The number of rotatable bonds is 8. The zero-order valence-electron chi connectivity index (χ0n) is 13.1. The second kappa shape index (κ2) is 7.77. The number of ether oxygens (including phenoxy) is 1. The van der Waals surface area contributed by atoms with Gasteiger partial charge in [-0.25, -0.2) is 13.1 Å². The van der Waals surface area contributed by atoms with Crippen LogP contribution in [0.4, 0.5) is 0 Å². The van der Waals surface area contributed by atoms with Gasteiger partial charge in [-0.3, -0.25) is 0 Å². The Labute approximate surface area is 127 Å². The lowest BCUT2D eigenvalue weighted by atomic mass is 10.0. The van der Waals surface area contributed by atoms with Crippen LogP contribution < -0.4 is 9.46 Å². The number of aliphatic hydroxyl groups is 1. The summed E-state index contributed by atoms with van der Waals surface area (Å²) in [6.07, 6.45) is 0.994. The van der Waals surface area contributed by atoms with E-state index in [-0.39, 0.29) is 29.9 Å². The number of hydrogen-bond acceptors (Lipinski definition) is 4. The molecular formula is C15H25NO4S. The number of sulfonamides is 1. The molecule has 21 heavy (non-hydrogen) atoms. The Morgan fingerprint density at radius 3 is 2.48 bits per heavy atom. The first kappa shape index (κ1) is 17.9. The van der Waals surface area contributed by atoms with Gasteiger partial charge in [0.05, 0.1) is 12.0 Å². The molecule has 0 aliphatic heterocycles. The molecule has 0 saturated heterocycles. The van der Waals surface area contributed by atoms with Crippen LogP contribution in [0.2, 0.25) is 0 Å². The molecule has 0 bridgehead atoms. The Hall–Kier alpha value is -1.11. The quantitative estimate of drug-likeness (QED) is 0.769. The van der Waals surface area contributed by atoms with Crippen LogP contribution in [0.1, 0.15) is 32.8 Å². The summed E-state index contributed by atoms with van der Waals surface area (Å²) in [5, 5.41) is 9.13. The van der Waals surface area contributed by atoms with Gasteiger partial charge in [0.15, 0.2) is 0 Å². The van der Waals surface area contributed by atoms with Crippen LogP contribution in [-0.4, -0.2) is 33.3 Å². The van der Waals surface area contributed by atoms with Gasteiger partial charge in [-0.2, -0.15) is 0 Å². The van der Waals surface area contributed by atoms with Gasteiger partial charge in [0.2, 0.25) is 10.0 Å². The molecule has 0 amide bonds. The van der Waals surface area contributed by atoms with Crippen LogP contribution in [0, 0.1) is 5.92 Å². The molecule has 1 aromatic carbocycles. The fraction of sp³-hybridized carbons (Fsp3) is 0.600. The van der Waals surface area contributed by atoms with E-state index in [2.05, 4.69) is 4.72 Å². The first-order valence-corrected chi connectivity index (χ1v) is 8.64. The minimum absolute atomic E-state index is 0.112. The zero-order valence-corrected chi connectivity index (χ0v) is 13.9. The molecule has 120 valence electrons. The Morgan fingerprint density at radius 2 is 2.00 bits per heavy atom. The van der Waals surface area contributed by atoms with E-state index in [9.17, 15) is 8.42 Å². The van der Waals surface area contributed by atoms with E-state index in [4.69, 9.17) is 9.84 Å². The third kappa shape index (κ3) is 4.69. The summed E-state index contributed by atoms with van der Waals surface area (Å²) in [7, 11) is -2.09. The highest BCUT2D eigenvalue weighted by Crippen LogP contribution is 2.23. The van der Waals surface area contributed by atoms with Crippen LogP contribution in [0.5, 0.6) is 5.75 Å². The first-order chi connectivity index (χ1) is 9.85. The van der Waals surface area contributed by atoms with E-state index in [1.54, 1.807) is 12.1 Å². The molecule has 2 N–H and O–H groups in total. The summed E-state index contributed by atoms with van der Waals surface area (Å²) in [5.74, 6) is 0.789. The smallest absolute Gasteiger partial charge is 0.241 e. The third-order valence-electron chi connectivity index (χ3n) is 3.49. The van der Waals surface area contributed by atoms with Crippen molar-refractivity contribution in [2.45, 2.75) is 44.6 Å². The van der Waals surface area contributed by atoms with Gasteiger partial charge < -0.3 is 9.84 Å². The Bertz CT molecular complexity index is 555. The van der Waals surface area contributed by atoms with E-state index < -0.39 is 10.0 Å². The van der Waals surface area contributed by atoms with Crippen molar-refractivity contribution < 1.29 is 18.3 Å². The molecule has 0 aliphatic carbocycles. The number of methoxy groups -OCH3 is 1. The molecule has 5 nitrogen and oxygen atoms in total. The molecule has 0 aliphatic rings. The predicted molar refractivity (Wildman–Crippen MR) is 83.0 cm³/mol. The third-order valence-corrected chi connectivity index (χ3v) is 5.08. The van der Waals surface area contributed by atoms with Gasteiger partial charge in [-0.05, 0) is 42.5 Å². The Kier molecular flexibility index (Phi) is 6.64. The summed E-state index contributed by atoms with van der Waals surface area (Å²) < 4.78 is 33.0. The highest BCUT2D eigenvalue weighted by atomic mass is 32.2. The minimum atomic E-state index is -3.61. The molecule has 1 aromatic rings. The van der Waals surface area contributed by atoms with Gasteiger partial charge in [0, 0.05) is 12.6 Å². The first-order valence-electron chi connectivity index (χ1n) is 7.15. The Balaban J connectivity index is 3.17. The average molecular weight is 315 g/mol. The molecule has 0 aromatic heterocycles. The number of aliphatic hydroxyl groups excluding tert-OH is 1. The molecule has 1 atom stereocenters. The van der Waals surface area contributed by atoms with Crippen molar-refractivity contribution in [1.82, 2.24) is 4.72 Å². The largest absolute Gasteiger partial charge is 0.497 e. The summed E-state index contributed by atoms with van der Waals surface area (Å²) >= 11 is 0. The molecule has 0 saturated carbocycles. The summed E-state index contributed by atoms with van der Waals surface area (Å²) in [4.78, 5) is 0.205. The van der Waals surface area contributed by atoms with Crippen LogP contribution >= 0.6 is 0 Å². The normalized spacial score (nSPS) is 13.4. The van der Waals surface area contributed by atoms with Gasteiger partial charge in [0.25, 0.3) is 0 Å². The van der Waals surface area contributed by atoms with Crippen molar-refractivity contribution in [1.29, 1.82) is 0 Å². The molecule has 1 rings (SSSR count). The Morgan fingerprint density at radius 1 is 1.33 bits per heavy atom. The van der Waals surface area contributed by atoms with Crippen LogP contribution in [-0.2, 0) is 16.4 Å². The lowest BCUT2D eigenvalue weighted by Crippen LogP contribution is -2.38. The van der Waals surface area contributed by atoms with E-state index in [0.717, 1.165) is 6.42 Å². The molecule has 0 radical (unpaired) electrons. The number of nitrogens with one attached hydrogen (secondary N) is 1. The summed E-state index contributed by atoms with van der Waals surface area (Å²) in [5.41, 5.74) is 0.558. The van der Waals surface area contributed by atoms with Crippen molar-refractivity contribution in [3.05, 3.63) is 23.8 Å². The fourth-order valence-electron chi connectivity index (χ4n) is 2.21. The standard InChI is InChI=1S/C15H25NO4S/c1-5-14(11(2)3)16-21(18,19)15-7-6-13(20-4)10-12(15)8-9-17/h6-7,10-11,14,16-17H,5,8-9H2,1-4H3. The van der Waals surface area contributed by atoms with Gasteiger partial charge in [-0.1, -0.05) is 20.8 Å². The molecule has 0 fully saturated rings. The topological polar surface area (TPSA) is 75.6 Å². The van der Waals surface area contributed by atoms with Gasteiger partial charge in [0.1, 0.15) is 5.75 Å². The molecular weight excluding hydrogens is 290 g/mol. The minimum Gasteiger partial charge on any atom is -0.497 e. The monoisotopic (exact) mass is 315 g/mol. The highest BCUT2D eigenvalue weighted by molar-refractivity contribution is 7.89. The summed E-state index contributed by atoms with van der Waals surface area (Å²) in [6.45, 7) is 5.81. The van der Waals surface area contributed by atoms with Crippen molar-refractivity contribution >= 4 is 10.0 Å². The van der Waals surface area contributed by atoms with Crippen LogP contribution in [0.25, 0.3) is 0 Å². The van der Waals surface area contributed by atoms with Crippen LogP contribution in [0.15, 0.2) is 23.1 Å².